The molecule has 0 fully saturated rings. The number of allylic oxidation sites excluding steroid dienone is 7. The minimum atomic E-state index is -1.30. The molecule has 1 unspecified atom stereocenters. The number of aliphatic hydroxyl groups is 2. The lowest BCUT2D eigenvalue weighted by Crippen LogP contribution is -2.50. The van der Waals surface area contributed by atoms with Gasteiger partial charge in [0.15, 0.2) is 11.9 Å². The normalized spacial score (nSPS) is 22.4. The maximum Gasteiger partial charge on any atom is 0.328 e. The molecule has 1 atom stereocenters. The van der Waals surface area contributed by atoms with Crippen LogP contribution < -0.4 is 4.90 Å². The highest BCUT2D eigenvalue weighted by Gasteiger charge is 2.46. The molecule has 4 aromatic rings. The van der Waals surface area contributed by atoms with Gasteiger partial charge in [0.1, 0.15) is 6.54 Å². The maximum absolute atomic E-state index is 13.0. The van der Waals surface area contributed by atoms with Crippen molar-refractivity contribution in [3.05, 3.63) is 142 Å². The number of aliphatic hydroxyl groups excluding tert-OH is 2. The van der Waals surface area contributed by atoms with E-state index in [1.807, 2.05) is 0 Å². The molecule has 4 aliphatic rings. The number of carbonyl (C=O) groups is 1. The molecule has 3 aliphatic heterocycles. The monoisotopic (exact) mass is 719 g/mol. The van der Waals surface area contributed by atoms with Gasteiger partial charge in [-0.2, -0.15) is 4.58 Å². The van der Waals surface area contributed by atoms with Crippen LogP contribution in [0.4, 0.5) is 16.2 Å². The molecule has 2 amide bonds. The highest BCUT2D eigenvalue weighted by molar-refractivity contribution is 6.08. The lowest BCUT2D eigenvalue weighted by molar-refractivity contribution is -0.433. The van der Waals surface area contributed by atoms with Gasteiger partial charge in [0.2, 0.25) is 11.6 Å². The Hall–Kier alpha value is -5.40. The molecule has 0 saturated heterocycles. The average Bonchev–Trinajstić information content (AvgIpc) is 3.74. The number of urea groups is 1. The van der Waals surface area contributed by atoms with Crippen molar-refractivity contribution in [2.24, 2.45) is 0 Å². The highest BCUT2D eigenvalue weighted by Crippen LogP contribution is 2.51. The van der Waals surface area contributed by atoms with E-state index in [-0.39, 0.29) is 16.7 Å². The van der Waals surface area contributed by atoms with Crippen molar-refractivity contribution in [3.63, 3.8) is 0 Å². The van der Waals surface area contributed by atoms with Crippen LogP contribution in [0.15, 0.2) is 131 Å². The van der Waals surface area contributed by atoms with Gasteiger partial charge in [-0.15, -0.1) is 0 Å². The van der Waals surface area contributed by atoms with E-state index in [0.29, 0.717) is 5.57 Å². The highest BCUT2D eigenvalue weighted by atomic mass is 16.3. The van der Waals surface area contributed by atoms with Gasteiger partial charge in [0.25, 0.3) is 0 Å². The molecule has 0 saturated carbocycles. The summed E-state index contributed by atoms with van der Waals surface area (Å²) in [5.41, 5.74) is 10.2. The van der Waals surface area contributed by atoms with Crippen molar-refractivity contribution in [1.82, 2.24) is 9.80 Å². The Balaban J connectivity index is 1.28. The first kappa shape index (κ1) is 35.6. The molecule has 0 spiro atoms. The van der Waals surface area contributed by atoms with Crippen LogP contribution in [-0.2, 0) is 10.8 Å². The number of hydrogen-bond donors (Lipinski definition) is 2. The van der Waals surface area contributed by atoms with Crippen LogP contribution in [-0.4, -0.2) is 69.7 Å². The molecule has 1 aliphatic carbocycles. The number of likely N-dealkylation sites (N-methyl/N-ethyl adjacent to an activating group) is 2. The van der Waals surface area contributed by atoms with Gasteiger partial charge in [-0.1, -0.05) is 80.6 Å². The molecule has 4 aromatic carbocycles. The quantitative estimate of drug-likeness (QED) is 0.195. The van der Waals surface area contributed by atoms with Gasteiger partial charge in [-0.05, 0) is 103 Å². The number of hydrogen-bond acceptors (Lipinski definition) is 4. The van der Waals surface area contributed by atoms with Gasteiger partial charge >= 0.3 is 6.03 Å². The first-order chi connectivity index (χ1) is 25.8. The lowest BCUT2D eigenvalue weighted by Gasteiger charge is -2.36. The van der Waals surface area contributed by atoms with E-state index in [1.54, 1.807) is 14.1 Å². The number of benzene rings is 4. The van der Waals surface area contributed by atoms with E-state index >= 15 is 0 Å². The van der Waals surface area contributed by atoms with E-state index in [1.165, 1.54) is 65.3 Å². The Morgan fingerprint density at radius 3 is 2.13 bits per heavy atom. The van der Waals surface area contributed by atoms with Gasteiger partial charge in [0.05, 0.1) is 11.0 Å². The number of nitrogens with zero attached hydrogens (tertiary/aromatic N) is 4. The van der Waals surface area contributed by atoms with E-state index < -0.39 is 12.3 Å². The number of carbonyl (C=O) groups excluding carboxylic acids is 1. The minimum Gasteiger partial charge on any atom is -0.494 e. The van der Waals surface area contributed by atoms with E-state index in [0.717, 1.165) is 42.7 Å². The third-order valence-electron chi connectivity index (χ3n) is 12.4. The molecular formula is C47H51N4O3+. The van der Waals surface area contributed by atoms with Crippen LogP contribution in [0.2, 0.25) is 0 Å². The Morgan fingerprint density at radius 1 is 0.815 bits per heavy atom. The summed E-state index contributed by atoms with van der Waals surface area (Å²) >= 11 is 0. The van der Waals surface area contributed by atoms with Crippen molar-refractivity contribution >= 4 is 44.7 Å². The fourth-order valence-corrected chi connectivity index (χ4v) is 9.68. The van der Waals surface area contributed by atoms with Crippen LogP contribution in [0.5, 0.6) is 0 Å². The maximum atomic E-state index is 13.0. The molecule has 7 nitrogen and oxygen atoms in total. The number of rotatable bonds is 6. The summed E-state index contributed by atoms with van der Waals surface area (Å²) < 4.78 is 2.41. The Labute approximate surface area is 318 Å². The van der Waals surface area contributed by atoms with Gasteiger partial charge in [0, 0.05) is 55.1 Å². The fourth-order valence-electron chi connectivity index (χ4n) is 9.68. The van der Waals surface area contributed by atoms with E-state index in [2.05, 4.69) is 148 Å². The molecule has 276 valence electrons. The summed E-state index contributed by atoms with van der Waals surface area (Å²) in [5.74, 6) is -0.217. The standard InChI is InChI=1S/C47H50N4O3/c1-9-50-35-25-21-29-15-11-13-17-33(29)41(35)46(3,4)37(50)27-23-31-19-20-32(39(31)40-43(52)48(7)45(54)49(8)44(40)53)24-28-38-47(5,6)42-34-18-14-12-16-30(34)22-26-36(42)51(38)10-2/h11-18,21-28,43,52H,9-10,19-20H2,1-8H3/p+1. The Kier molecular flexibility index (Phi) is 8.49. The molecule has 3 heterocycles. The zero-order valence-corrected chi connectivity index (χ0v) is 32.7. The molecule has 8 rings (SSSR count). The van der Waals surface area contributed by atoms with E-state index in [9.17, 15) is 15.0 Å². The predicted octanol–water partition coefficient (Wildman–Crippen LogP) is 9.75. The smallest absolute Gasteiger partial charge is 0.328 e. The molecule has 7 heteroatoms. The Morgan fingerprint density at radius 2 is 1.46 bits per heavy atom. The summed E-state index contributed by atoms with van der Waals surface area (Å²) in [7, 11) is 3.13. The molecule has 0 radical (unpaired) electrons. The SMILES string of the molecule is CCN1C(=CC=C2CCC(C=CC3=[N+](CC)c4ccc5ccccc5c4C3(C)C)=C2C2=C(O)N(C)C(=O)N(C)C2O)C(C)(C)c2c1ccc1ccccc21. The largest absolute Gasteiger partial charge is 0.494 e. The lowest BCUT2D eigenvalue weighted by atomic mass is 9.79. The summed E-state index contributed by atoms with van der Waals surface area (Å²) in [6.45, 7) is 15.2. The van der Waals surface area contributed by atoms with Crippen LogP contribution in [0, 0.1) is 0 Å². The van der Waals surface area contributed by atoms with Crippen molar-refractivity contribution in [2.75, 3.05) is 32.1 Å². The third kappa shape index (κ3) is 5.12. The van der Waals surface area contributed by atoms with Crippen LogP contribution >= 0.6 is 0 Å². The van der Waals surface area contributed by atoms with Crippen molar-refractivity contribution in [3.8, 4) is 0 Å². The second kappa shape index (κ2) is 12.9. The van der Waals surface area contributed by atoms with Gasteiger partial charge in [-0.25, -0.2) is 4.79 Å². The average molecular weight is 720 g/mol. The van der Waals surface area contributed by atoms with Crippen molar-refractivity contribution in [1.29, 1.82) is 0 Å². The number of amides is 2. The van der Waals surface area contributed by atoms with Gasteiger partial charge < -0.3 is 15.1 Å². The minimum absolute atomic E-state index is 0.217. The van der Waals surface area contributed by atoms with Crippen molar-refractivity contribution in [2.45, 2.75) is 71.4 Å². The van der Waals surface area contributed by atoms with Crippen LogP contribution in [0.1, 0.15) is 65.5 Å². The fraction of sp³-hybridized carbons (Fsp3) is 0.319. The second-order valence-electron chi connectivity index (χ2n) is 16.0. The zero-order valence-electron chi connectivity index (χ0n) is 32.7. The first-order valence-corrected chi connectivity index (χ1v) is 19.2. The van der Waals surface area contributed by atoms with Crippen LogP contribution in [0.3, 0.4) is 0 Å². The summed E-state index contributed by atoms with van der Waals surface area (Å²) in [6.07, 6.45) is 8.99. The molecule has 0 bridgehead atoms. The first-order valence-electron chi connectivity index (χ1n) is 19.2. The number of fused-ring (bicyclic) bond motifs is 6. The Bertz CT molecular complexity index is 2460. The summed E-state index contributed by atoms with van der Waals surface area (Å²) in [4.78, 5) is 17.9. The zero-order chi connectivity index (χ0) is 38.3. The van der Waals surface area contributed by atoms with Gasteiger partial charge in [-0.3, -0.25) is 9.80 Å². The molecule has 0 aromatic heterocycles. The molecular weight excluding hydrogens is 669 g/mol. The van der Waals surface area contributed by atoms with Crippen LogP contribution in [0.25, 0.3) is 21.5 Å². The third-order valence-corrected chi connectivity index (χ3v) is 12.4. The topological polar surface area (TPSA) is 70.3 Å². The molecule has 2 N–H and O–H groups in total. The summed E-state index contributed by atoms with van der Waals surface area (Å²) in [5, 5.41) is 28.2. The second-order valence-corrected chi connectivity index (χ2v) is 16.0. The van der Waals surface area contributed by atoms with Crippen molar-refractivity contribution < 1.29 is 19.6 Å². The van der Waals surface area contributed by atoms with E-state index in [4.69, 9.17) is 0 Å². The predicted molar refractivity (Wildman–Crippen MR) is 221 cm³/mol. The number of anilines is 1. The summed E-state index contributed by atoms with van der Waals surface area (Å²) in [6, 6.07) is 25.7. The molecule has 54 heavy (non-hydrogen) atoms.